The molecule has 3 aromatic heterocycles. The van der Waals surface area contributed by atoms with Gasteiger partial charge < -0.3 is 19.8 Å². The Bertz CT molecular complexity index is 1460. The number of benzene rings is 1. The third-order valence-corrected chi connectivity index (χ3v) is 8.13. The van der Waals surface area contributed by atoms with Crippen molar-refractivity contribution in [2.45, 2.75) is 40.2 Å². The summed E-state index contributed by atoms with van der Waals surface area (Å²) in [4.78, 5) is 27.5. The van der Waals surface area contributed by atoms with E-state index in [1.165, 1.54) is 23.5 Å². The maximum atomic E-state index is 13.4. The van der Waals surface area contributed by atoms with E-state index in [4.69, 9.17) is 9.97 Å². The number of aromatic nitrogens is 3. The van der Waals surface area contributed by atoms with Crippen molar-refractivity contribution in [3.05, 3.63) is 59.5 Å². The number of hydrogen-bond acceptors (Lipinski definition) is 6. The predicted molar refractivity (Wildman–Crippen MR) is 150 cm³/mol. The minimum Gasteiger partial charge on any atom is -0.465 e. The van der Waals surface area contributed by atoms with E-state index in [0.29, 0.717) is 19.6 Å². The number of amides is 1. The molecule has 0 spiro atoms. The van der Waals surface area contributed by atoms with Crippen LogP contribution in [0.25, 0.3) is 16.9 Å². The van der Waals surface area contributed by atoms with Gasteiger partial charge in [-0.15, -0.1) is 11.3 Å². The summed E-state index contributed by atoms with van der Waals surface area (Å²) in [6, 6.07) is 10.3. The number of carboxylic acid groups (broad SMARTS) is 1. The maximum absolute atomic E-state index is 13.4. The molecular formula is C28H33FN6O2S. The molecule has 1 aliphatic heterocycles. The van der Waals surface area contributed by atoms with Gasteiger partial charge in [0.1, 0.15) is 17.3 Å². The van der Waals surface area contributed by atoms with Crippen LogP contribution in [0.15, 0.2) is 48.0 Å². The summed E-state index contributed by atoms with van der Waals surface area (Å²) < 4.78 is 15.5. The van der Waals surface area contributed by atoms with Crippen molar-refractivity contribution in [1.29, 1.82) is 0 Å². The van der Waals surface area contributed by atoms with Gasteiger partial charge in [0.2, 0.25) is 0 Å². The lowest BCUT2D eigenvalue weighted by Gasteiger charge is -2.46. The molecule has 10 heteroatoms. The van der Waals surface area contributed by atoms with Crippen LogP contribution in [0, 0.1) is 11.2 Å². The summed E-state index contributed by atoms with van der Waals surface area (Å²) in [5, 5.41) is 12.6. The van der Waals surface area contributed by atoms with Gasteiger partial charge in [-0.1, -0.05) is 27.7 Å². The number of thiazole rings is 1. The Balaban J connectivity index is 1.49. The molecule has 1 aliphatic rings. The molecule has 4 aromatic rings. The first-order chi connectivity index (χ1) is 18.1. The highest BCUT2D eigenvalue weighted by Gasteiger charge is 2.38. The summed E-state index contributed by atoms with van der Waals surface area (Å²) >= 11 is 1.53. The number of carbonyl (C=O) groups is 1. The molecule has 1 unspecified atom stereocenters. The highest BCUT2D eigenvalue weighted by Crippen LogP contribution is 2.35. The summed E-state index contributed by atoms with van der Waals surface area (Å²) in [6.45, 7) is 10.1. The van der Waals surface area contributed by atoms with Gasteiger partial charge in [0.15, 0.2) is 5.13 Å². The van der Waals surface area contributed by atoms with E-state index < -0.39 is 6.09 Å². The lowest BCUT2D eigenvalue weighted by atomic mass is 9.84. The van der Waals surface area contributed by atoms with Crippen LogP contribution in [0.3, 0.4) is 0 Å². The van der Waals surface area contributed by atoms with Gasteiger partial charge in [0.05, 0.1) is 23.1 Å². The summed E-state index contributed by atoms with van der Waals surface area (Å²) in [5.41, 5.74) is 4.31. The van der Waals surface area contributed by atoms with Crippen LogP contribution in [-0.4, -0.2) is 63.2 Å². The maximum Gasteiger partial charge on any atom is 0.407 e. The third-order valence-electron chi connectivity index (χ3n) is 7.21. The van der Waals surface area contributed by atoms with Crippen LogP contribution >= 0.6 is 11.3 Å². The number of hydrogen-bond donors (Lipinski definition) is 1. The fourth-order valence-electron chi connectivity index (χ4n) is 5.10. The number of halogens is 1. The van der Waals surface area contributed by atoms with E-state index in [0.717, 1.165) is 45.7 Å². The fraction of sp³-hybridized carbons (Fsp3) is 0.393. The molecule has 38 heavy (non-hydrogen) atoms. The highest BCUT2D eigenvalue weighted by molar-refractivity contribution is 7.14. The van der Waals surface area contributed by atoms with Crippen molar-refractivity contribution in [2.24, 2.45) is 5.41 Å². The normalized spacial score (nSPS) is 16.3. The highest BCUT2D eigenvalue weighted by atomic mass is 32.1. The fourth-order valence-corrected chi connectivity index (χ4v) is 5.90. The van der Waals surface area contributed by atoms with Crippen molar-refractivity contribution in [3.63, 3.8) is 0 Å². The average Bonchev–Trinajstić information content (AvgIpc) is 3.52. The van der Waals surface area contributed by atoms with Crippen molar-refractivity contribution in [1.82, 2.24) is 19.3 Å². The van der Waals surface area contributed by atoms with Crippen LogP contribution in [0.1, 0.15) is 33.4 Å². The van der Waals surface area contributed by atoms with E-state index in [1.54, 1.807) is 17.0 Å². The van der Waals surface area contributed by atoms with Crippen LogP contribution < -0.4 is 9.80 Å². The van der Waals surface area contributed by atoms with Crippen molar-refractivity contribution >= 4 is 39.7 Å². The Morgan fingerprint density at radius 1 is 1.16 bits per heavy atom. The van der Waals surface area contributed by atoms with Gasteiger partial charge in [-0.05, 0) is 48.2 Å². The average molecular weight is 537 g/mol. The minimum atomic E-state index is -0.866. The molecule has 0 radical (unpaired) electrons. The zero-order valence-electron chi connectivity index (χ0n) is 22.3. The zero-order valence-corrected chi connectivity index (χ0v) is 23.2. The summed E-state index contributed by atoms with van der Waals surface area (Å²) in [7, 11) is 1.99. The third kappa shape index (κ3) is 4.80. The molecule has 5 rings (SSSR count). The van der Waals surface area contributed by atoms with Gasteiger partial charge in [0, 0.05) is 43.8 Å². The first-order valence-corrected chi connectivity index (χ1v) is 13.7. The molecule has 0 bridgehead atoms. The smallest absolute Gasteiger partial charge is 0.407 e. The Morgan fingerprint density at radius 3 is 2.55 bits per heavy atom. The molecular weight excluding hydrogens is 503 g/mol. The lowest BCUT2D eigenvalue weighted by molar-refractivity contribution is 0.0748. The number of imidazole rings is 1. The van der Waals surface area contributed by atoms with E-state index >= 15 is 0 Å². The van der Waals surface area contributed by atoms with Crippen LogP contribution in [0.4, 0.5) is 25.8 Å². The molecule has 1 amide bonds. The molecule has 1 fully saturated rings. The van der Waals surface area contributed by atoms with Crippen molar-refractivity contribution in [2.75, 3.05) is 36.5 Å². The number of rotatable bonds is 5. The van der Waals surface area contributed by atoms with Gasteiger partial charge in [-0.3, -0.25) is 4.40 Å². The second-order valence-electron chi connectivity index (χ2n) is 10.7. The monoisotopic (exact) mass is 536 g/mol. The van der Waals surface area contributed by atoms with Crippen molar-refractivity contribution in [3.8, 4) is 11.3 Å². The van der Waals surface area contributed by atoms with Gasteiger partial charge in [-0.2, -0.15) is 0 Å². The van der Waals surface area contributed by atoms with Gasteiger partial charge in [0.25, 0.3) is 0 Å². The predicted octanol–water partition coefficient (Wildman–Crippen LogP) is 6.14. The number of fused-ring (bicyclic) bond motifs is 1. The summed E-state index contributed by atoms with van der Waals surface area (Å²) in [6.07, 6.45) is 1.99. The molecule has 200 valence electrons. The second-order valence-corrected chi connectivity index (χ2v) is 11.6. The number of piperazine rings is 1. The standard InChI is InChI=1S/C28H33FN6O2S/c1-6-21-25(32(5)26-31-22(17-38-26)18-7-9-19(29)10-8-18)35-15-20(11-12-24(35)30-21)33-13-14-34(27(36)37)23(16-33)28(2,3)4/h7-12,15,17,23H,6,13-14,16H2,1-5H3,(H,36,37). The van der Waals surface area contributed by atoms with Gasteiger partial charge in [-0.25, -0.2) is 19.2 Å². The topological polar surface area (TPSA) is 77.2 Å². The molecule has 1 atom stereocenters. The van der Waals surface area contributed by atoms with E-state index in [9.17, 15) is 14.3 Å². The number of anilines is 3. The molecule has 4 heterocycles. The Morgan fingerprint density at radius 2 is 1.89 bits per heavy atom. The molecule has 1 aromatic carbocycles. The van der Waals surface area contributed by atoms with E-state index in [-0.39, 0.29) is 17.3 Å². The first kappa shape index (κ1) is 26.0. The Labute approximate surface area is 226 Å². The quantitative estimate of drug-likeness (QED) is 0.330. The van der Waals surface area contributed by atoms with Crippen molar-refractivity contribution < 1.29 is 14.3 Å². The lowest BCUT2D eigenvalue weighted by Crippen LogP contribution is -2.59. The minimum absolute atomic E-state index is 0.124. The number of pyridine rings is 1. The molecule has 0 saturated carbocycles. The van der Waals surface area contributed by atoms with E-state index in [1.807, 2.05) is 18.5 Å². The largest absolute Gasteiger partial charge is 0.465 e. The van der Waals surface area contributed by atoms with Crippen LogP contribution in [0.2, 0.25) is 0 Å². The van der Waals surface area contributed by atoms with E-state index in [2.05, 4.69) is 54.2 Å². The number of nitrogens with zero attached hydrogens (tertiary/aromatic N) is 6. The van der Waals surface area contributed by atoms with Crippen LogP contribution in [0.5, 0.6) is 0 Å². The molecule has 0 aliphatic carbocycles. The second kappa shape index (κ2) is 9.90. The molecule has 1 N–H and O–H groups in total. The SMILES string of the molecule is CCc1nc2ccc(N3CCN(C(=O)O)C(C(C)(C)C)C3)cn2c1N(C)c1nc(-c2ccc(F)cc2)cs1. The molecule has 1 saturated heterocycles. The van der Waals surface area contributed by atoms with Gasteiger partial charge >= 0.3 is 6.09 Å². The first-order valence-electron chi connectivity index (χ1n) is 12.8. The van der Waals surface area contributed by atoms with Crippen LogP contribution in [-0.2, 0) is 6.42 Å². The Kier molecular flexibility index (Phi) is 6.77. The molecule has 8 nitrogen and oxygen atoms in total. The number of aryl methyl sites for hydroxylation is 1. The Hall–Kier alpha value is -3.66. The zero-order chi connectivity index (χ0) is 27.2. The summed E-state index contributed by atoms with van der Waals surface area (Å²) in [5.74, 6) is 0.675.